The molecular formula is C35H43N3O. The molecule has 1 unspecified atom stereocenters. The van der Waals surface area contributed by atoms with Gasteiger partial charge in [0.1, 0.15) is 5.75 Å². The average molecular weight is 522 g/mol. The van der Waals surface area contributed by atoms with Gasteiger partial charge in [-0.25, -0.2) is 4.98 Å². The van der Waals surface area contributed by atoms with E-state index in [1.54, 1.807) is 0 Å². The lowest BCUT2D eigenvalue weighted by Crippen LogP contribution is -2.16. The quantitative estimate of drug-likeness (QED) is 0.128. The van der Waals surface area contributed by atoms with E-state index in [0.717, 1.165) is 58.7 Å². The summed E-state index contributed by atoms with van der Waals surface area (Å²) in [6.07, 6.45) is 11.2. The lowest BCUT2D eigenvalue weighted by atomic mass is 9.98. The van der Waals surface area contributed by atoms with Gasteiger partial charge in [-0.1, -0.05) is 94.8 Å². The van der Waals surface area contributed by atoms with Gasteiger partial charge in [0.15, 0.2) is 0 Å². The number of pyridine rings is 1. The zero-order chi connectivity index (χ0) is 27.5. The van der Waals surface area contributed by atoms with Crippen LogP contribution in [0.15, 0.2) is 84.9 Å². The van der Waals surface area contributed by atoms with Gasteiger partial charge >= 0.3 is 0 Å². The van der Waals surface area contributed by atoms with Crippen LogP contribution < -0.4 is 16.2 Å². The van der Waals surface area contributed by atoms with Crippen LogP contribution in [0.4, 0.5) is 11.4 Å². The summed E-state index contributed by atoms with van der Waals surface area (Å²) in [5.41, 5.74) is 19.5. The largest absolute Gasteiger partial charge is 0.490 e. The van der Waals surface area contributed by atoms with Crippen LogP contribution in [0.5, 0.6) is 5.75 Å². The molecule has 0 bridgehead atoms. The van der Waals surface area contributed by atoms with Crippen LogP contribution in [-0.2, 0) is 0 Å². The Labute approximate surface area is 234 Å². The minimum Gasteiger partial charge on any atom is -0.490 e. The van der Waals surface area contributed by atoms with E-state index in [4.69, 9.17) is 21.2 Å². The molecule has 0 spiro atoms. The summed E-state index contributed by atoms with van der Waals surface area (Å²) >= 11 is 0. The van der Waals surface area contributed by atoms with Crippen molar-refractivity contribution < 1.29 is 4.74 Å². The first-order valence-electron chi connectivity index (χ1n) is 14.6. The van der Waals surface area contributed by atoms with Gasteiger partial charge in [-0.2, -0.15) is 0 Å². The Hall–Kier alpha value is -3.79. The standard InChI is InChI=1S/C35H43N3O/c1-3-5-6-7-8-9-19-31(14-4-2)39-35-21-11-10-20-32(35)28-24-33(26-15-12-17-29(36)22-26)38-34(25-28)27-16-13-18-30(37)23-27/h10-13,15-18,20-25,31H,3-9,14,19,36-37H2,1-2H3. The highest BCUT2D eigenvalue weighted by Gasteiger charge is 2.16. The van der Waals surface area contributed by atoms with Gasteiger partial charge in [0, 0.05) is 28.1 Å². The molecule has 0 aliphatic heterocycles. The van der Waals surface area contributed by atoms with Gasteiger partial charge in [-0.15, -0.1) is 0 Å². The highest BCUT2D eigenvalue weighted by Crippen LogP contribution is 2.36. The molecule has 4 nitrogen and oxygen atoms in total. The molecule has 0 saturated carbocycles. The molecule has 0 saturated heterocycles. The van der Waals surface area contributed by atoms with Gasteiger partial charge in [-0.05, 0) is 67.3 Å². The van der Waals surface area contributed by atoms with Gasteiger partial charge < -0.3 is 16.2 Å². The predicted molar refractivity (Wildman–Crippen MR) is 167 cm³/mol. The van der Waals surface area contributed by atoms with Gasteiger partial charge in [0.05, 0.1) is 17.5 Å². The first kappa shape index (κ1) is 28.2. The number of rotatable bonds is 14. The molecule has 0 aliphatic rings. The molecule has 1 aromatic heterocycles. The van der Waals surface area contributed by atoms with Crippen molar-refractivity contribution in [2.75, 3.05) is 11.5 Å². The molecule has 0 aliphatic carbocycles. The Balaban J connectivity index is 1.67. The van der Waals surface area contributed by atoms with Crippen LogP contribution in [0.25, 0.3) is 33.6 Å². The smallest absolute Gasteiger partial charge is 0.127 e. The maximum absolute atomic E-state index is 6.74. The van der Waals surface area contributed by atoms with Crippen LogP contribution in [0.2, 0.25) is 0 Å². The molecule has 204 valence electrons. The van der Waals surface area contributed by atoms with Crippen molar-refractivity contribution in [1.82, 2.24) is 4.98 Å². The van der Waals surface area contributed by atoms with E-state index in [9.17, 15) is 0 Å². The molecule has 1 atom stereocenters. The number of aromatic nitrogens is 1. The van der Waals surface area contributed by atoms with Crippen molar-refractivity contribution in [1.29, 1.82) is 0 Å². The Morgan fingerprint density at radius 1 is 0.615 bits per heavy atom. The van der Waals surface area contributed by atoms with Gasteiger partial charge in [0.25, 0.3) is 0 Å². The van der Waals surface area contributed by atoms with Gasteiger partial charge in [0.2, 0.25) is 0 Å². The first-order valence-corrected chi connectivity index (χ1v) is 14.6. The van der Waals surface area contributed by atoms with E-state index in [0.29, 0.717) is 11.4 Å². The van der Waals surface area contributed by atoms with Crippen LogP contribution in [0.1, 0.15) is 71.6 Å². The SMILES string of the molecule is CCCCCCCCC(CCC)Oc1ccccc1-c1cc(-c2cccc(N)c2)nc(-c2cccc(N)c2)c1. The summed E-state index contributed by atoms with van der Waals surface area (Å²) in [5, 5.41) is 0. The summed E-state index contributed by atoms with van der Waals surface area (Å²) in [6, 6.07) is 28.4. The zero-order valence-electron chi connectivity index (χ0n) is 23.5. The number of benzene rings is 3. The Bertz CT molecular complexity index is 1270. The molecule has 0 radical (unpaired) electrons. The van der Waals surface area contributed by atoms with Crippen LogP contribution in [0.3, 0.4) is 0 Å². The van der Waals surface area contributed by atoms with Crippen molar-refractivity contribution in [3.05, 3.63) is 84.9 Å². The van der Waals surface area contributed by atoms with E-state index in [2.05, 4.69) is 50.2 Å². The molecule has 0 amide bonds. The number of hydrogen-bond acceptors (Lipinski definition) is 4. The van der Waals surface area contributed by atoms with Crippen molar-refractivity contribution in [2.45, 2.75) is 77.7 Å². The number of ether oxygens (including phenoxy) is 1. The number of unbranched alkanes of at least 4 members (excludes halogenated alkanes) is 5. The minimum atomic E-state index is 0.214. The predicted octanol–water partition coefficient (Wildman–Crippen LogP) is 9.55. The minimum absolute atomic E-state index is 0.214. The third-order valence-corrected chi connectivity index (χ3v) is 7.17. The summed E-state index contributed by atoms with van der Waals surface area (Å²) in [4.78, 5) is 5.02. The average Bonchev–Trinajstić information content (AvgIpc) is 2.95. The summed E-state index contributed by atoms with van der Waals surface area (Å²) in [5.74, 6) is 0.921. The number of nitrogen functional groups attached to an aromatic ring is 2. The van der Waals surface area contributed by atoms with Crippen LogP contribution >= 0.6 is 0 Å². The summed E-state index contributed by atoms with van der Waals surface area (Å²) in [7, 11) is 0. The lowest BCUT2D eigenvalue weighted by molar-refractivity contribution is 0.176. The first-order chi connectivity index (χ1) is 19.1. The van der Waals surface area contributed by atoms with E-state index >= 15 is 0 Å². The Morgan fingerprint density at radius 2 is 1.23 bits per heavy atom. The fraction of sp³-hybridized carbons (Fsp3) is 0.343. The number of nitrogens with zero attached hydrogens (tertiary/aromatic N) is 1. The fourth-order valence-electron chi connectivity index (χ4n) is 5.10. The summed E-state index contributed by atoms with van der Waals surface area (Å²) in [6.45, 7) is 4.50. The lowest BCUT2D eigenvalue weighted by Gasteiger charge is -2.21. The second-order valence-corrected chi connectivity index (χ2v) is 10.5. The molecule has 4 aromatic rings. The maximum atomic E-state index is 6.74. The van der Waals surface area contributed by atoms with Crippen molar-refractivity contribution in [2.24, 2.45) is 0 Å². The molecular weight excluding hydrogens is 478 g/mol. The molecule has 1 heterocycles. The number of hydrogen-bond donors (Lipinski definition) is 2. The number of para-hydroxylation sites is 1. The highest BCUT2D eigenvalue weighted by atomic mass is 16.5. The van der Waals surface area contributed by atoms with Crippen LogP contribution in [0, 0.1) is 0 Å². The zero-order valence-corrected chi connectivity index (χ0v) is 23.5. The third kappa shape index (κ3) is 8.10. The molecule has 0 fully saturated rings. The van der Waals surface area contributed by atoms with Crippen LogP contribution in [-0.4, -0.2) is 11.1 Å². The van der Waals surface area contributed by atoms with E-state index in [1.165, 1.54) is 38.5 Å². The second kappa shape index (κ2) is 14.4. The Morgan fingerprint density at radius 3 is 1.85 bits per heavy atom. The molecule has 4 rings (SSSR count). The topological polar surface area (TPSA) is 74.2 Å². The van der Waals surface area contributed by atoms with Crippen molar-refractivity contribution in [3.63, 3.8) is 0 Å². The van der Waals surface area contributed by atoms with Gasteiger partial charge in [-0.3, -0.25) is 0 Å². The van der Waals surface area contributed by atoms with E-state index in [-0.39, 0.29) is 6.10 Å². The molecule has 39 heavy (non-hydrogen) atoms. The van der Waals surface area contributed by atoms with E-state index < -0.39 is 0 Å². The normalized spacial score (nSPS) is 11.8. The van der Waals surface area contributed by atoms with Crippen molar-refractivity contribution >= 4 is 11.4 Å². The number of anilines is 2. The number of nitrogens with two attached hydrogens (primary N) is 2. The summed E-state index contributed by atoms with van der Waals surface area (Å²) < 4.78 is 6.74. The van der Waals surface area contributed by atoms with Crippen molar-refractivity contribution in [3.8, 4) is 39.4 Å². The second-order valence-electron chi connectivity index (χ2n) is 10.5. The molecule has 4 N–H and O–H groups in total. The molecule has 3 aromatic carbocycles. The fourth-order valence-corrected chi connectivity index (χ4v) is 5.10. The maximum Gasteiger partial charge on any atom is 0.127 e. The Kier molecular flexibility index (Phi) is 10.4. The molecule has 4 heteroatoms. The third-order valence-electron chi connectivity index (χ3n) is 7.17. The monoisotopic (exact) mass is 521 g/mol. The van der Waals surface area contributed by atoms with E-state index in [1.807, 2.05) is 48.5 Å². The highest BCUT2D eigenvalue weighted by molar-refractivity contribution is 5.80.